The molecule has 18 atom stereocenters. The highest BCUT2D eigenvalue weighted by Crippen LogP contribution is 2.70. The SMILES string of the molecule is CC(C)CCCC(C)C1CCC2C3CC=C4C[C@H](CC(=O)NCCOCCOCCOCCOP(=O)(O)OCC(C)COP(=O)(O)OCCOCCOCCOCCNC(=O)C[C@@H]5CC[C@]6(C)C(=CCC7C8CCC(C(C)CCCC(C)C)[C@]8(C)CCC76)C5)CC[C@@]4(C)C3CC[C@@]12C. The average Bonchev–Trinajstić information content (AvgIpc) is 1.36. The molecule has 0 radical (unpaired) electrons. The predicted molar refractivity (Wildman–Crippen MR) is 386 cm³/mol. The van der Waals surface area contributed by atoms with E-state index in [-0.39, 0.29) is 75.5 Å². The molecule has 0 aromatic carbocycles. The summed E-state index contributed by atoms with van der Waals surface area (Å²) < 4.78 is 78.4. The summed E-state index contributed by atoms with van der Waals surface area (Å²) in [6, 6.07) is 0. The van der Waals surface area contributed by atoms with Gasteiger partial charge in [-0.3, -0.25) is 27.7 Å². The van der Waals surface area contributed by atoms with Crippen LogP contribution < -0.4 is 10.6 Å². The lowest BCUT2D eigenvalue weighted by molar-refractivity contribution is -0.123. The van der Waals surface area contributed by atoms with Gasteiger partial charge in [-0.2, -0.15) is 0 Å². The first-order chi connectivity index (χ1) is 46.8. The van der Waals surface area contributed by atoms with E-state index in [4.69, 9.17) is 46.5 Å². The maximum atomic E-state index is 13.0. The first-order valence-electron chi connectivity index (χ1n) is 39.4. The molecule has 0 heterocycles. The molecule has 8 aliphatic rings. The van der Waals surface area contributed by atoms with Crippen molar-refractivity contribution in [3.05, 3.63) is 23.3 Å². The number of phosphoric ester groups is 2. The van der Waals surface area contributed by atoms with Gasteiger partial charge in [-0.05, 0) is 207 Å². The Balaban J connectivity index is 0.550. The highest BCUT2D eigenvalue weighted by atomic mass is 31.2. The summed E-state index contributed by atoms with van der Waals surface area (Å²) in [4.78, 5) is 46.3. The van der Waals surface area contributed by atoms with Crippen molar-refractivity contribution in [1.29, 1.82) is 0 Å². The summed E-state index contributed by atoms with van der Waals surface area (Å²) >= 11 is 0. The van der Waals surface area contributed by atoms with Gasteiger partial charge in [-0.25, -0.2) is 9.13 Å². The monoisotopic (exact) mass is 1420 g/mol. The molecule has 8 rings (SSSR count). The molecule has 0 bridgehead atoms. The largest absolute Gasteiger partial charge is 0.472 e. The molecule has 4 N–H and O–H groups in total. The van der Waals surface area contributed by atoms with Crippen LogP contribution in [0.1, 0.15) is 230 Å². The zero-order valence-electron chi connectivity index (χ0n) is 63.0. The van der Waals surface area contributed by atoms with E-state index >= 15 is 0 Å². The Labute approximate surface area is 593 Å². The molecule has 0 aromatic rings. The molecule has 566 valence electrons. The van der Waals surface area contributed by atoms with Crippen molar-refractivity contribution in [1.82, 2.24) is 10.6 Å². The van der Waals surface area contributed by atoms with Gasteiger partial charge < -0.3 is 48.8 Å². The molecule has 2 amide bonds. The van der Waals surface area contributed by atoms with E-state index in [0.29, 0.717) is 101 Å². The zero-order valence-corrected chi connectivity index (χ0v) is 64.8. The summed E-state index contributed by atoms with van der Waals surface area (Å²) in [6.45, 7) is 30.0. The summed E-state index contributed by atoms with van der Waals surface area (Å²) in [7, 11) is -8.84. The first-order valence-corrected chi connectivity index (χ1v) is 42.4. The minimum absolute atomic E-state index is 0.0299. The van der Waals surface area contributed by atoms with Crippen molar-refractivity contribution in [2.24, 2.45) is 110 Å². The Bertz CT molecular complexity index is 2420. The van der Waals surface area contributed by atoms with Crippen LogP contribution in [-0.2, 0) is 65.2 Å². The molecular weight excluding hydrogens is 1280 g/mol. The van der Waals surface area contributed by atoms with Crippen LogP contribution in [0.3, 0.4) is 0 Å². The Morgan fingerprint density at radius 3 is 1.18 bits per heavy atom. The van der Waals surface area contributed by atoms with Gasteiger partial charge in [0.25, 0.3) is 0 Å². The van der Waals surface area contributed by atoms with Crippen LogP contribution in [-0.4, -0.2) is 140 Å². The number of amides is 2. The van der Waals surface area contributed by atoms with Crippen molar-refractivity contribution >= 4 is 27.5 Å². The fourth-order valence-electron chi connectivity index (χ4n) is 21.1. The quantitative estimate of drug-likeness (QED) is 0.0253. The minimum atomic E-state index is -4.42. The number of nitrogens with one attached hydrogen (secondary N) is 2. The number of carbonyl (C=O) groups excluding carboxylic acids is 2. The third-order valence-corrected chi connectivity index (χ3v) is 28.4. The third-order valence-electron chi connectivity index (χ3n) is 26.4. The van der Waals surface area contributed by atoms with Gasteiger partial charge in [0.1, 0.15) is 0 Å². The van der Waals surface area contributed by atoms with E-state index in [0.717, 1.165) is 96.7 Å². The second kappa shape index (κ2) is 39.1. The number of carbonyl (C=O) groups is 2. The molecule has 98 heavy (non-hydrogen) atoms. The normalized spacial score (nSPS) is 33.4. The second-order valence-electron chi connectivity index (χ2n) is 33.9. The van der Waals surface area contributed by atoms with Crippen molar-refractivity contribution in [3.8, 4) is 0 Å². The van der Waals surface area contributed by atoms with Gasteiger partial charge in [0.05, 0.1) is 106 Å². The maximum Gasteiger partial charge on any atom is 0.472 e. The predicted octanol–water partition coefficient (Wildman–Crippen LogP) is 16.3. The Kier molecular flexibility index (Phi) is 32.8. The van der Waals surface area contributed by atoms with Crippen LogP contribution in [0.5, 0.6) is 0 Å². The third kappa shape index (κ3) is 23.2. The summed E-state index contributed by atoms with van der Waals surface area (Å²) in [5.74, 6) is 10.4. The van der Waals surface area contributed by atoms with Crippen molar-refractivity contribution in [3.63, 3.8) is 0 Å². The van der Waals surface area contributed by atoms with Crippen LogP contribution in [0, 0.1) is 110 Å². The Morgan fingerprint density at radius 2 is 0.816 bits per heavy atom. The number of ether oxygens (including phenoxy) is 6. The number of fused-ring (bicyclic) bond motifs is 10. The van der Waals surface area contributed by atoms with E-state index in [1.165, 1.54) is 116 Å². The molecule has 0 aromatic heterocycles. The van der Waals surface area contributed by atoms with Crippen molar-refractivity contribution in [2.75, 3.05) is 119 Å². The number of rotatable bonds is 46. The van der Waals surface area contributed by atoms with Gasteiger partial charge >= 0.3 is 15.6 Å². The molecule has 0 aliphatic heterocycles. The lowest BCUT2D eigenvalue weighted by atomic mass is 9.46. The summed E-state index contributed by atoms with van der Waals surface area (Å²) in [6.07, 6.45) is 35.1. The van der Waals surface area contributed by atoms with Gasteiger partial charge in [-0.15, -0.1) is 0 Å². The second-order valence-corrected chi connectivity index (χ2v) is 36.8. The molecule has 0 spiro atoms. The fraction of sp³-hybridized carbons (Fsp3) is 0.923. The van der Waals surface area contributed by atoms with E-state index in [2.05, 4.69) is 92.0 Å². The molecule has 6 fully saturated rings. The highest BCUT2D eigenvalue weighted by molar-refractivity contribution is 7.47. The molecule has 18 nitrogen and oxygen atoms in total. The Morgan fingerprint density at radius 1 is 0.459 bits per heavy atom. The minimum Gasteiger partial charge on any atom is -0.377 e. The van der Waals surface area contributed by atoms with Crippen LogP contribution >= 0.6 is 15.6 Å². The van der Waals surface area contributed by atoms with Gasteiger partial charge in [-0.1, -0.05) is 138 Å². The lowest BCUT2D eigenvalue weighted by Gasteiger charge is -2.58. The van der Waals surface area contributed by atoms with E-state index in [1.807, 2.05) is 0 Å². The number of phosphoric acid groups is 2. The zero-order chi connectivity index (χ0) is 70.6. The smallest absolute Gasteiger partial charge is 0.377 e. The van der Waals surface area contributed by atoms with E-state index in [9.17, 15) is 28.5 Å². The van der Waals surface area contributed by atoms with Crippen LogP contribution in [0.15, 0.2) is 23.3 Å². The fourth-order valence-corrected chi connectivity index (χ4v) is 22.8. The Hall–Kier alpha value is -1.60. The number of hydrogen-bond acceptors (Lipinski definition) is 14. The first kappa shape index (κ1) is 82.1. The maximum absolute atomic E-state index is 13.0. The van der Waals surface area contributed by atoms with Crippen molar-refractivity contribution < 1.29 is 75.0 Å². The molecule has 20 heteroatoms. The van der Waals surface area contributed by atoms with Crippen LogP contribution in [0.25, 0.3) is 0 Å². The summed E-state index contributed by atoms with van der Waals surface area (Å²) in [5.41, 5.74) is 4.85. The van der Waals surface area contributed by atoms with E-state index < -0.39 is 21.6 Å². The van der Waals surface area contributed by atoms with Gasteiger partial charge in [0.2, 0.25) is 11.8 Å². The molecule has 12 unspecified atom stereocenters. The summed E-state index contributed by atoms with van der Waals surface area (Å²) in [5, 5.41) is 6.14. The lowest BCUT2D eigenvalue weighted by Crippen LogP contribution is -2.50. The molecule has 8 aliphatic carbocycles. The van der Waals surface area contributed by atoms with Crippen LogP contribution in [0.4, 0.5) is 0 Å². The molecular formula is C78H138N2O16P2. The topological polar surface area (TPSA) is 225 Å². The van der Waals surface area contributed by atoms with Gasteiger partial charge in [0.15, 0.2) is 0 Å². The van der Waals surface area contributed by atoms with E-state index in [1.54, 1.807) is 18.1 Å². The average molecular weight is 1420 g/mol. The molecule has 6 saturated carbocycles. The number of hydrogen-bond donors (Lipinski definition) is 4. The van der Waals surface area contributed by atoms with Crippen molar-refractivity contribution in [2.45, 2.75) is 230 Å². The molecule has 0 saturated heterocycles. The van der Waals surface area contributed by atoms with Gasteiger partial charge in [0, 0.05) is 31.8 Å². The van der Waals surface area contributed by atoms with Crippen LogP contribution in [0.2, 0.25) is 0 Å². The standard InChI is InChI=1S/C78H138N2O16P2/c1-56(2)14-12-16-59(6)67-22-24-69-65-20-18-63-50-61(26-30-75(63,8)71(65)28-32-77(67,69)10)52-73(81)79-34-36-87-38-40-89-42-44-91-46-48-93-97(83,84)95-54-58(5)55-96-98(85,86)94-49-47-92-45-43-90-41-39-88-37-35-80-74(82)53-62-27-31-76(9)64(51-62)19-21-66-70-25-23-68(60(7)17-13-15-57(3)4)78(70,11)33-29-72(66)76/h18-19,56-62,65-72H,12-17,20-55H2,1-11H3,(H,79,81)(H,80,82)(H,83,84)(H,85,86)/t58?,59?,60?,61-,62-,65?,66?,67?,68?,69?,70?,71?,72?,75-,76-,77+,78+/m1/s1. The number of allylic oxidation sites excluding steroid dienone is 4. The highest BCUT2D eigenvalue weighted by Gasteiger charge is 2.61.